The zero-order valence-corrected chi connectivity index (χ0v) is 11.6. The Hall–Kier alpha value is -2.58. The van der Waals surface area contributed by atoms with Gasteiger partial charge in [0.05, 0.1) is 5.69 Å². The SMILES string of the molecule is NNc1ccccc1-c1cccc2c1Cc1ccccc1-2. The van der Waals surface area contributed by atoms with Crippen molar-refractivity contribution in [3.05, 3.63) is 77.9 Å². The number of nitrogen functional groups attached to an aromatic ring is 1. The maximum Gasteiger partial charge on any atom is 0.0563 e. The number of nitrogens with two attached hydrogens (primary N) is 1. The van der Waals surface area contributed by atoms with Crippen LogP contribution >= 0.6 is 0 Å². The summed E-state index contributed by atoms with van der Waals surface area (Å²) >= 11 is 0. The Balaban J connectivity index is 1.94. The van der Waals surface area contributed by atoms with E-state index in [4.69, 9.17) is 5.84 Å². The maximum atomic E-state index is 5.67. The van der Waals surface area contributed by atoms with Gasteiger partial charge in [-0.1, -0.05) is 60.7 Å². The molecule has 4 rings (SSSR count). The van der Waals surface area contributed by atoms with Crippen LogP contribution in [0.4, 0.5) is 5.69 Å². The van der Waals surface area contributed by atoms with Crippen molar-refractivity contribution in [3.8, 4) is 22.3 Å². The molecule has 2 nitrogen and oxygen atoms in total. The second-order valence-corrected chi connectivity index (χ2v) is 5.36. The third kappa shape index (κ3) is 1.84. The molecule has 0 aliphatic heterocycles. The van der Waals surface area contributed by atoms with Gasteiger partial charge >= 0.3 is 0 Å². The van der Waals surface area contributed by atoms with Crippen molar-refractivity contribution in [2.45, 2.75) is 6.42 Å². The van der Waals surface area contributed by atoms with E-state index in [9.17, 15) is 0 Å². The summed E-state index contributed by atoms with van der Waals surface area (Å²) in [6.45, 7) is 0. The summed E-state index contributed by atoms with van der Waals surface area (Å²) in [7, 11) is 0. The third-order valence-electron chi connectivity index (χ3n) is 4.22. The Bertz CT molecular complexity index is 821. The minimum atomic E-state index is 0.960. The zero-order chi connectivity index (χ0) is 14.2. The highest BCUT2D eigenvalue weighted by molar-refractivity contribution is 5.88. The van der Waals surface area contributed by atoms with Gasteiger partial charge in [-0.25, -0.2) is 0 Å². The molecule has 0 spiro atoms. The largest absolute Gasteiger partial charge is 0.324 e. The highest BCUT2D eigenvalue weighted by atomic mass is 15.2. The minimum absolute atomic E-state index is 0.960. The van der Waals surface area contributed by atoms with E-state index < -0.39 is 0 Å². The van der Waals surface area contributed by atoms with E-state index in [0.29, 0.717) is 0 Å². The molecule has 0 heterocycles. The molecule has 0 fully saturated rings. The van der Waals surface area contributed by atoms with Crippen molar-refractivity contribution >= 4 is 5.69 Å². The van der Waals surface area contributed by atoms with E-state index in [0.717, 1.165) is 17.7 Å². The van der Waals surface area contributed by atoms with Crippen LogP contribution in [0.3, 0.4) is 0 Å². The number of anilines is 1. The van der Waals surface area contributed by atoms with Crippen molar-refractivity contribution in [2.75, 3.05) is 5.43 Å². The Labute approximate surface area is 124 Å². The Morgan fingerprint density at radius 3 is 2.10 bits per heavy atom. The summed E-state index contributed by atoms with van der Waals surface area (Å²) in [5.74, 6) is 5.67. The number of hydrogen-bond acceptors (Lipinski definition) is 2. The second-order valence-electron chi connectivity index (χ2n) is 5.36. The molecule has 3 aromatic carbocycles. The topological polar surface area (TPSA) is 38.0 Å². The molecule has 2 heteroatoms. The van der Waals surface area contributed by atoms with Crippen LogP contribution in [0.2, 0.25) is 0 Å². The molecule has 0 bridgehead atoms. The molecule has 0 amide bonds. The average molecular weight is 272 g/mol. The van der Waals surface area contributed by atoms with Gasteiger partial charge in [-0.05, 0) is 40.3 Å². The molecule has 0 radical (unpaired) electrons. The van der Waals surface area contributed by atoms with Gasteiger partial charge in [0.25, 0.3) is 0 Å². The molecule has 0 unspecified atom stereocenters. The lowest BCUT2D eigenvalue weighted by molar-refractivity contribution is 1.26. The van der Waals surface area contributed by atoms with Gasteiger partial charge in [0, 0.05) is 5.56 Å². The quantitative estimate of drug-likeness (QED) is 0.424. The molecule has 1 aliphatic carbocycles. The van der Waals surface area contributed by atoms with E-state index >= 15 is 0 Å². The first-order chi connectivity index (χ1) is 10.4. The molecule has 3 N–H and O–H groups in total. The Morgan fingerprint density at radius 1 is 0.667 bits per heavy atom. The molecule has 0 saturated carbocycles. The summed E-state index contributed by atoms with van der Waals surface area (Å²) < 4.78 is 0. The smallest absolute Gasteiger partial charge is 0.0563 e. The first-order valence-electron chi connectivity index (χ1n) is 7.14. The molecule has 0 aromatic heterocycles. The monoisotopic (exact) mass is 272 g/mol. The van der Waals surface area contributed by atoms with E-state index in [1.807, 2.05) is 12.1 Å². The fraction of sp³-hybridized carbons (Fsp3) is 0.0526. The number of rotatable bonds is 2. The molecule has 102 valence electrons. The summed E-state index contributed by atoms with van der Waals surface area (Å²) in [4.78, 5) is 0. The van der Waals surface area contributed by atoms with E-state index in [-0.39, 0.29) is 0 Å². The lowest BCUT2D eigenvalue weighted by atomic mass is 9.95. The van der Waals surface area contributed by atoms with Gasteiger partial charge in [0.1, 0.15) is 0 Å². The molecule has 21 heavy (non-hydrogen) atoms. The first-order valence-corrected chi connectivity index (χ1v) is 7.14. The molecule has 3 aromatic rings. The number of nitrogens with one attached hydrogen (secondary N) is 1. The zero-order valence-electron chi connectivity index (χ0n) is 11.6. The van der Waals surface area contributed by atoms with Crippen LogP contribution in [0.15, 0.2) is 66.7 Å². The predicted octanol–water partition coefficient (Wildman–Crippen LogP) is 4.21. The lowest BCUT2D eigenvalue weighted by Gasteiger charge is -2.13. The van der Waals surface area contributed by atoms with Gasteiger partial charge in [0.15, 0.2) is 0 Å². The van der Waals surface area contributed by atoms with E-state index in [1.54, 1.807) is 0 Å². The number of benzene rings is 3. The Morgan fingerprint density at radius 2 is 1.29 bits per heavy atom. The van der Waals surface area contributed by atoms with E-state index in [1.165, 1.54) is 27.8 Å². The van der Waals surface area contributed by atoms with Crippen LogP contribution < -0.4 is 11.3 Å². The first kappa shape index (κ1) is 12.2. The minimum Gasteiger partial charge on any atom is -0.324 e. The fourth-order valence-corrected chi connectivity index (χ4v) is 3.25. The van der Waals surface area contributed by atoms with Crippen molar-refractivity contribution < 1.29 is 0 Å². The number of hydrazine groups is 1. The molecule has 1 aliphatic rings. The van der Waals surface area contributed by atoms with Crippen LogP contribution in [-0.2, 0) is 6.42 Å². The Kier molecular flexibility index (Phi) is 2.76. The summed E-state index contributed by atoms with van der Waals surface area (Å²) in [5, 5.41) is 0. The second kappa shape index (κ2) is 4.76. The van der Waals surface area contributed by atoms with Crippen LogP contribution in [0.1, 0.15) is 11.1 Å². The third-order valence-corrected chi connectivity index (χ3v) is 4.22. The lowest BCUT2D eigenvalue weighted by Crippen LogP contribution is -2.08. The van der Waals surface area contributed by atoms with Gasteiger partial charge in [-0.2, -0.15) is 0 Å². The van der Waals surface area contributed by atoms with Gasteiger partial charge in [-0.15, -0.1) is 0 Å². The normalized spacial score (nSPS) is 11.9. The van der Waals surface area contributed by atoms with Crippen molar-refractivity contribution in [2.24, 2.45) is 5.84 Å². The average Bonchev–Trinajstić information content (AvgIpc) is 2.93. The van der Waals surface area contributed by atoms with Crippen LogP contribution in [0.25, 0.3) is 22.3 Å². The van der Waals surface area contributed by atoms with Crippen molar-refractivity contribution in [1.29, 1.82) is 0 Å². The van der Waals surface area contributed by atoms with Crippen LogP contribution in [-0.4, -0.2) is 0 Å². The van der Waals surface area contributed by atoms with Gasteiger partial charge in [0.2, 0.25) is 0 Å². The van der Waals surface area contributed by atoms with Crippen molar-refractivity contribution in [3.63, 3.8) is 0 Å². The standard InChI is InChI=1S/C19H16N2/c20-21-19-11-4-3-8-17(19)16-10-5-9-15-14-7-2-1-6-13(14)12-18(15)16/h1-11,21H,12,20H2. The highest BCUT2D eigenvalue weighted by Gasteiger charge is 2.21. The number of hydrogen-bond donors (Lipinski definition) is 2. The van der Waals surface area contributed by atoms with Crippen LogP contribution in [0.5, 0.6) is 0 Å². The number of para-hydroxylation sites is 1. The molecular formula is C19H16N2. The molecule has 0 atom stereocenters. The van der Waals surface area contributed by atoms with Crippen molar-refractivity contribution in [1.82, 2.24) is 0 Å². The van der Waals surface area contributed by atoms with E-state index in [2.05, 4.69) is 60.0 Å². The summed E-state index contributed by atoms with van der Waals surface area (Å²) in [6.07, 6.45) is 0.987. The van der Waals surface area contributed by atoms with Gasteiger partial charge in [-0.3, -0.25) is 5.84 Å². The molecule has 0 saturated heterocycles. The number of fused-ring (bicyclic) bond motifs is 3. The maximum absolute atomic E-state index is 5.67. The predicted molar refractivity (Wildman–Crippen MR) is 87.9 cm³/mol. The van der Waals surface area contributed by atoms with Gasteiger partial charge < -0.3 is 5.43 Å². The molecular weight excluding hydrogens is 256 g/mol. The van der Waals surface area contributed by atoms with Crippen LogP contribution in [0, 0.1) is 0 Å². The summed E-state index contributed by atoms with van der Waals surface area (Å²) in [5.41, 5.74) is 11.7. The highest BCUT2D eigenvalue weighted by Crippen LogP contribution is 2.42. The fourth-order valence-electron chi connectivity index (χ4n) is 3.25. The summed E-state index contributed by atoms with van der Waals surface area (Å²) in [6, 6.07) is 23.3.